The summed E-state index contributed by atoms with van der Waals surface area (Å²) in [5.74, 6) is 0.0246. The summed E-state index contributed by atoms with van der Waals surface area (Å²) in [6.45, 7) is 8.16. The zero-order chi connectivity index (χ0) is 11.2. The van der Waals surface area contributed by atoms with E-state index in [1.165, 1.54) is 7.11 Å². The van der Waals surface area contributed by atoms with Crippen molar-refractivity contribution in [1.29, 1.82) is 0 Å². The molecule has 0 bridgehead atoms. The Kier molecular flexibility index (Phi) is 5.72. The molecule has 0 aliphatic rings. The highest BCUT2D eigenvalue weighted by molar-refractivity contribution is 5.77. The Hall–Kier alpha value is -0.610. The number of hydrogen-bond acceptors (Lipinski definition) is 3. The first kappa shape index (κ1) is 13.4. The van der Waals surface area contributed by atoms with Crippen LogP contribution in [0.5, 0.6) is 0 Å². The van der Waals surface area contributed by atoms with E-state index in [-0.39, 0.29) is 17.9 Å². The monoisotopic (exact) mass is 202 g/mol. The molecule has 14 heavy (non-hydrogen) atoms. The van der Waals surface area contributed by atoms with Gasteiger partial charge in [0.15, 0.2) is 0 Å². The van der Waals surface area contributed by atoms with Crippen LogP contribution in [0.1, 0.15) is 20.8 Å². The summed E-state index contributed by atoms with van der Waals surface area (Å²) in [7, 11) is 1.53. The largest absolute Gasteiger partial charge is 0.375 e. The van der Waals surface area contributed by atoms with Crippen molar-refractivity contribution in [3.05, 3.63) is 0 Å². The van der Waals surface area contributed by atoms with Crippen LogP contribution in [0, 0.1) is 5.41 Å². The molecule has 0 unspecified atom stereocenters. The van der Waals surface area contributed by atoms with Crippen LogP contribution in [-0.4, -0.2) is 44.2 Å². The van der Waals surface area contributed by atoms with E-state index in [1.807, 2.05) is 6.92 Å². The molecule has 0 aromatic rings. The minimum atomic E-state index is -0.0284. The van der Waals surface area contributed by atoms with Crippen LogP contribution >= 0.6 is 0 Å². The number of nitrogens with zero attached hydrogens (tertiary/aromatic N) is 1. The van der Waals surface area contributed by atoms with Crippen molar-refractivity contribution in [1.82, 2.24) is 4.90 Å². The van der Waals surface area contributed by atoms with Crippen LogP contribution in [0.4, 0.5) is 0 Å². The van der Waals surface area contributed by atoms with E-state index in [2.05, 4.69) is 13.8 Å². The first-order valence-corrected chi connectivity index (χ1v) is 4.93. The third-order valence-corrected chi connectivity index (χ3v) is 2.17. The van der Waals surface area contributed by atoms with Gasteiger partial charge in [-0.05, 0) is 18.9 Å². The smallest absolute Gasteiger partial charge is 0.248 e. The highest BCUT2D eigenvalue weighted by atomic mass is 16.5. The van der Waals surface area contributed by atoms with Gasteiger partial charge in [0.2, 0.25) is 5.91 Å². The van der Waals surface area contributed by atoms with E-state index in [0.29, 0.717) is 19.6 Å². The van der Waals surface area contributed by atoms with Crippen molar-refractivity contribution < 1.29 is 9.53 Å². The average molecular weight is 202 g/mol. The van der Waals surface area contributed by atoms with Gasteiger partial charge in [0.1, 0.15) is 6.61 Å². The van der Waals surface area contributed by atoms with Crippen molar-refractivity contribution in [2.75, 3.05) is 33.4 Å². The Morgan fingerprint density at radius 1 is 1.50 bits per heavy atom. The minimum absolute atomic E-state index is 0.0246. The summed E-state index contributed by atoms with van der Waals surface area (Å²) >= 11 is 0. The average Bonchev–Trinajstić information content (AvgIpc) is 2.14. The fourth-order valence-electron chi connectivity index (χ4n) is 1.17. The Balaban J connectivity index is 4.21. The van der Waals surface area contributed by atoms with Gasteiger partial charge < -0.3 is 15.4 Å². The molecule has 0 atom stereocenters. The maximum absolute atomic E-state index is 11.5. The molecule has 0 radical (unpaired) electrons. The number of carbonyl (C=O) groups excluding carboxylic acids is 1. The summed E-state index contributed by atoms with van der Waals surface area (Å²) < 4.78 is 4.81. The number of likely N-dealkylation sites (N-methyl/N-ethyl adjacent to an activating group) is 1. The van der Waals surface area contributed by atoms with Crippen molar-refractivity contribution in [3.8, 4) is 0 Å². The molecule has 4 nitrogen and oxygen atoms in total. The Morgan fingerprint density at radius 3 is 2.43 bits per heavy atom. The lowest BCUT2D eigenvalue weighted by molar-refractivity contribution is -0.136. The molecule has 0 aromatic heterocycles. The lowest BCUT2D eigenvalue weighted by atomic mass is 9.93. The molecule has 0 aliphatic carbocycles. The Morgan fingerprint density at radius 2 is 2.07 bits per heavy atom. The first-order valence-electron chi connectivity index (χ1n) is 4.93. The second kappa shape index (κ2) is 5.98. The number of methoxy groups -OCH3 is 1. The van der Waals surface area contributed by atoms with Gasteiger partial charge in [-0.3, -0.25) is 4.79 Å². The van der Waals surface area contributed by atoms with Gasteiger partial charge >= 0.3 is 0 Å². The molecule has 4 heteroatoms. The van der Waals surface area contributed by atoms with Crippen molar-refractivity contribution in [2.24, 2.45) is 11.1 Å². The number of carbonyl (C=O) groups is 1. The molecule has 0 spiro atoms. The summed E-state index contributed by atoms with van der Waals surface area (Å²) in [5.41, 5.74) is 5.59. The molecule has 2 N–H and O–H groups in total. The van der Waals surface area contributed by atoms with Crippen LogP contribution in [0.15, 0.2) is 0 Å². The summed E-state index contributed by atoms with van der Waals surface area (Å²) in [5, 5.41) is 0. The number of rotatable bonds is 6. The van der Waals surface area contributed by atoms with E-state index in [0.717, 1.165) is 0 Å². The van der Waals surface area contributed by atoms with E-state index in [1.54, 1.807) is 4.90 Å². The van der Waals surface area contributed by atoms with Gasteiger partial charge in [0.25, 0.3) is 0 Å². The van der Waals surface area contributed by atoms with Gasteiger partial charge in [-0.2, -0.15) is 0 Å². The van der Waals surface area contributed by atoms with Gasteiger partial charge in [-0.1, -0.05) is 13.8 Å². The Bertz CT molecular complexity index is 181. The van der Waals surface area contributed by atoms with Gasteiger partial charge in [0, 0.05) is 20.2 Å². The van der Waals surface area contributed by atoms with Crippen LogP contribution in [0.2, 0.25) is 0 Å². The molecule has 0 heterocycles. The Labute approximate surface area is 86.4 Å². The van der Waals surface area contributed by atoms with Gasteiger partial charge in [-0.15, -0.1) is 0 Å². The fourth-order valence-corrected chi connectivity index (χ4v) is 1.17. The zero-order valence-corrected chi connectivity index (χ0v) is 9.67. The molecule has 1 amide bonds. The van der Waals surface area contributed by atoms with Crippen molar-refractivity contribution in [2.45, 2.75) is 20.8 Å². The van der Waals surface area contributed by atoms with Crippen molar-refractivity contribution >= 4 is 5.91 Å². The van der Waals surface area contributed by atoms with E-state index < -0.39 is 0 Å². The molecule has 0 saturated carbocycles. The van der Waals surface area contributed by atoms with Crippen LogP contribution < -0.4 is 5.73 Å². The third kappa shape index (κ3) is 4.58. The number of ether oxygens (including phenoxy) is 1. The second-order valence-corrected chi connectivity index (χ2v) is 4.21. The summed E-state index contributed by atoms with van der Waals surface area (Å²) in [6, 6.07) is 0. The second-order valence-electron chi connectivity index (χ2n) is 4.21. The molecule has 84 valence electrons. The minimum Gasteiger partial charge on any atom is -0.375 e. The third-order valence-electron chi connectivity index (χ3n) is 2.17. The van der Waals surface area contributed by atoms with Crippen LogP contribution in [-0.2, 0) is 9.53 Å². The normalized spacial score (nSPS) is 11.5. The van der Waals surface area contributed by atoms with Crippen molar-refractivity contribution in [3.63, 3.8) is 0 Å². The number of nitrogens with two attached hydrogens (primary N) is 1. The fraction of sp³-hybridized carbons (Fsp3) is 0.900. The van der Waals surface area contributed by atoms with Crippen LogP contribution in [0.25, 0.3) is 0 Å². The SMILES string of the molecule is CCN(CC(C)(C)CN)C(=O)COC. The quantitative estimate of drug-likeness (QED) is 0.681. The van der Waals surface area contributed by atoms with E-state index >= 15 is 0 Å². The summed E-state index contributed by atoms with van der Waals surface area (Å²) in [6.07, 6.45) is 0. The predicted molar refractivity (Wildman–Crippen MR) is 57.0 cm³/mol. The highest BCUT2D eigenvalue weighted by Crippen LogP contribution is 2.14. The molecular weight excluding hydrogens is 180 g/mol. The number of hydrogen-bond donors (Lipinski definition) is 1. The summed E-state index contributed by atoms with van der Waals surface area (Å²) in [4.78, 5) is 13.3. The zero-order valence-electron chi connectivity index (χ0n) is 9.67. The lowest BCUT2D eigenvalue weighted by Crippen LogP contribution is -2.43. The molecule has 0 aromatic carbocycles. The molecule has 0 saturated heterocycles. The molecule has 0 rings (SSSR count). The molecule has 0 fully saturated rings. The van der Waals surface area contributed by atoms with E-state index in [4.69, 9.17) is 10.5 Å². The maximum Gasteiger partial charge on any atom is 0.248 e. The lowest BCUT2D eigenvalue weighted by Gasteiger charge is -2.30. The van der Waals surface area contributed by atoms with Gasteiger partial charge in [-0.25, -0.2) is 0 Å². The maximum atomic E-state index is 11.5. The predicted octanol–water partition coefficient (Wildman–Crippen LogP) is 0.466. The van der Waals surface area contributed by atoms with Gasteiger partial charge in [0.05, 0.1) is 0 Å². The van der Waals surface area contributed by atoms with E-state index in [9.17, 15) is 4.79 Å². The topological polar surface area (TPSA) is 55.6 Å². The van der Waals surface area contributed by atoms with Crippen LogP contribution in [0.3, 0.4) is 0 Å². The number of amides is 1. The first-order chi connectivity index (χ1) is 6.46. The molecular formula is C10H22N2O2. The highest BCUT2D eigenvalue weighted by Gasteiger charge is 2.22. The molecule has 0 aliphatic heterocycles. The standard InChI is InChI=1S/C10H22N2O2/c1-5-12(9(13)6-14-4)8-10(2,3)7-11/h5-8,11H2,1-4H3.